The van der Waals surface area contributed by atoms with Crippen molar-refractivity contribution in [3.05, 3.63) is 24.3 Å². The summed E-state index contributed by atoms with van der Waals surface area (Å²) in [6.07, 6.45) is 7.35. The highest BCUT2D eigenvalue weighted by Crippen LogP contribution is 2.27. The van der Waals surface area contributed by atoms with Crippen molar-refractivity contribution in [2.45, 2.75) is 11.5 Å². The van der Waals surface area contributed by atoms with Crippen molar-refractivity contribution in [3.63, 3.8) is 0 Å². The molecule has 0 aliphatic heterocycles. The molecule has 0 fully saturated rings. The quantitative estimate of drug-likeness (QED) is 0.472. The van der Waals surface area contributed by atoms with Crippen LogP contribution in [0.2, 0.25) is 0 Å². The van der Waals surface area contributed by atoms with Crippen LogP contribution in [0, 0.1) is 0 Å². The second-order valence-electron chi connectivity index (χ2n) is 2.12. The van der Waals surface area contributed by atoms with Crippen molar-refractivity contribution < 1.29 is 9.53 Å². The molecule has 0 amide bonds. The van der Waals surface area contributed by atoms with Gasteiger partial charge in [0, 0.05) is 18.0 Å². The number of ether oxygens (including phenoxy) is 1. The van der Waals surface area contributed by atoms with E-state index >= 15 is 0 Å². The Morgan fingerprint density at radius 1 is 1.55 bits per heavy atom. The minimum atomic E-state index is -1.08. The summed E-state index contributed by atoms with van der Waals surface area (Å²) in [5, 5.41) is -1.08. The fourth-order valence-corrected chi connectivity index (χ4v) is 1.19. The molecule has 0 aromatic heterocycles. The van der Waals surface area contributed by atoms with Crippen LogP contribution < -0.4 is 0 Å². The van der Waals surface area contributed by atoms with Crippen LogP contribution in [-0.4, -0.2) is 10.5 Å². The summed E-state index contributed by atoms with van der Waals surface area (Å²) >= 11 is 10.8. The van der Waals surface area contributed by atoms with Gasteiger partial charge in [-0.15, -0.1) is 0 Å². The van der Waals surface area contributed by atoms with E-state index in [1.165, 1.54) is 0 Å². The predicted molar refractivity (Wildman–Crippen MR) is 43.8 cm³/mol. The standard InChI is InChI=1S/C7H6Cl2O2/c8-6(10)11-7(9)4-2-1-3-5-7/h1-4H,5H2. The van der Waals surface area contributed by atoms with Gasteiger partial charge in [0.1, 0.15) is 0 Å². The third-order valence-corrected chi connectivity index (χ3v) is 1.67. The van der Waals surface area contributed by atoms with Crippen LogP contribution in [0.15, 0.2) is 24.3 Å². The summed E-state index contributed by atoms with van der Waals surface area (Å²) in [5.41, 5.74) is -0.889. The van der Waals surface area contributed by atoms with Gasteiger partial charge in [-0.25, -0.2) is 4.79 Å². The molecule has 0 aromatic rings. The Balaban J connectivity index is 2.61. The molecule has 1 aliphatic carbocycles. The first-order chi connectivity index (χ1) is 5.12. The van der Waals surface area contributed by atoms with Gasteiger partial charge in [-0.3, -0.25) is 0 Å². The van der Waals surface area contributed by atoms with Crippen LogP contribution in [0.1, 0.15) is 6.42 Å². The first-order valence-corrected chi connectivity index (χ1v) is 3.80. The normalized spacial score (nSPS) is 28.5. The maximum Gasteiger partial charge on any atom is 0.405 e. The number of alkyl halides is 1. The molecular formula is C7H6Cl2O2. The lowest BCUT2D eigenvalue weighted by Gasteiger charge is -2.21. The SMILES string of the molecule is O=C(Cl)OC1(Cl)C=CC=CC1. The molecule has 2 nitrogen and oxygen atoms in total. The smallest absolute Gasteiger partial charge is 0.405 e. The highest BCUT2D eigenvalue weighted by molar-refractivity contribution is 6.61. The summed E-state index contributed by atoms with van der Waals surface area (Å²) in [7, 11) is 0. The third-order valence-electron chi connectivity index (χ3n) is 1.24. The maximum absolute atomic E-state index is 10.3. The Kier molecular flexibility index (Phi) is 2.58. The Morgan fingerprint density at radius 3 is 2.73 bits per heavy atom. The van der Waals surface area contributed by atoms with Gasteiger partial charge in [0.15, 0.2) is 0 Å². The van der Waals surface area contributed by atoms with E-state index in [1.54, 1.807) is 18.2 Å². The van der Waals surface area contributed by atoms with E-state index in [9.17, 15) is 4.79 Å². The summed E-state index contributed by atoms with van der Waals surface area (Å²) in [4.78, 5) is 10.3. The van der Waals surface area contributed by atoms with Crippen molar-refractivity contribution in [2.75, 3.05) is 0 Å². The summed E-state index contributed by atoms with van der Waals surface area (Å²) in [6, 6.07) is 0. The van der Waals surface area contributed by atoms with Crippen molar-refractivity contribution in [3.8, 4) is 0 Å². The molecule has 1 aliphatic rings. The second kappa shape index (κ2) is 3.28. The molecule has 0 heterocycles. The first kappa shape index (κ1) is 8.62. The fourth-order valence-electron chi connectivity index (χ4n) is 0.784. The highest BCUT2D eigenvalue weighted by atomic mass is 35.5. The number of hydrogen-bond acceptors (Lipinski definition) is 2. The van der Waals surface area contributed by atoms with Gasteiger partial charge in [-0.1, -0.05) is 29.8 Å². The van der Waals surface area contributed by atoms with Gasteiger partial charge in [-0.05, 0) is 6.08 Å². The Bertz CT molecular complexity index is 222. The molecule has 1 rings (SSSR count). The number of allylic oxidation sites excluding steroid dienone is 2. The van der Waals surface area contributed by atoms with Gasteiger partial charge in [0.2, 0.25) is 5.06 Å². The van der Waals surface area contributed by atoms with Crippen molar-refractivity contribution in [1.29, 1.82) is 0 Å². The Labute approximate surface area is 74.4 Å². The predicted octanol–water partition coefficient (Wildman–Crippen LogP) is 2.81. The summed E-state index contributed by atoms with van der Waals surface area (Å²) in [6.45, 7) is 0. The molecule has 0 N–H and O–H groups in total. The molecule has 11 heavy (non-hydrogen) atoms. The van der Waals surface area contributed by atoms with E-state index in [2.05, 4.69) is 4.74 Å². The molecule has 1 unspecified atom stereocenters. The zero-order valence-electron chi connectivity index (χ0n) is 5.59. The lowest BCUT2D eigenvalue weighted by molar-refractivity contribution is 0.123. The summed E-state index contributed by atoms with van der Waals surface area (Å²) in [5.74, 6) is 0. The van der Waals surface area contributed by atoms with Crippen LogP contribution in [0.25, 0.3) is 0 Å². The van der Waals surface area contributed by atoms with E-state index in [1.807, 2.05) is 6.08 Å². The van der Waals surface area contributed by atoms with Gasteiger partial charge < -0.3 is 4.74 Å². The van der Waals surface area contributed by atoms with Crippen LogP contribution in [-0.2, 0) is 4.74 Å². The monoisotopic (exact) mass is 192 g/mol. The molecular weight excluding hydrogens is 187 g/mol. The molecule has 4 heteroatoms. The van der Waals surface area contributed by atoms with Gasteiger partial charge >= 0.3 is 5.43 Å². The largest absolute Gasteiger partial charge is 0.427 e. The molecule has 0 aromatic carbocycles. The lowest BCUT2D eigenvalue weighted by Crippen LogP contribution is -2.24. The molecule has 0 spiro atoms. The summed E-state index contributed by atoms with van der Waals surface area (Å²) < 4.78 is 4.63. The van der Waals surface area contributed by atoms with Crippen LogP contribution >= 0.6 is 23.2 Å². The zero-order valence-corrected chi connectivity index (χ0v) is 7.10. The van der Waals surface area contributed by atoms with E-state index in [4.69, 9.17) is 23.2 Å². The molecule has 1 atom stereocenters. The molecule has 0 radical (unpaired) electrons. The number of halogens is 2. The van der Waals surface area contributed by atoms with E-state index in [0.717, 1.165) is 0 Å². The van der Waals surface area contributed by atoms with Crippen molar-refractivity contribution in [1.82, 2.24) is 0 Å². The zero-order chi connectivity index (χ0) is 8.32. The first-order valence-electron chi connectivity index (χ1n) is 3.04. The topological polar surface area (TPSA) is 26.3 Å². The Morgan fingerprint density at radius 2 is 2.27 bits per heavy atom. The maximum atomic E-state index is 10.3. The van der Waals surface area contributed by atoms with E-state index in [-0.39, 0.29) is 0 Å². The van der Waals surface area contributed by atoms with Crippen LogP contribution in [0.4, 0.5) is 4.79 Å². The number of rotatable bonds is 1. The third kappa shape index (κ3) is 2.56. The van der Waals surface area contributed by atoms with Gasteiger partial charge in [-0.2, -0.15) is 0 Å². The molecule has 0 saturated carbocycles. The second-order valence-corrected chi connectivity index (χ2v) is 3.07. The van der Waals surface area contributed by atoms with Crippen LogP contribution in [0.5, 0.6) is 0 Å². The molecule has 0 bridgehead atoms. The highest BCUT2D eigenvalue weighted by Gasteiger charge is 2.27. The Hall–Kier alpha value is -0.470. The average Bonchev–Trinajstić information content (AvgIpc) is 1.85. The van der Waals surface area contributed by atoms with Gasteiger partial charge in [0.25, 0.3) is 0 Å². The number of carbonyl (C=O) groups excluding carboxylic acids is 1. The minimum Gasteiger partial charge on any atom is -0.427 e. The van der Waals surface area contributed by atoms with Crippen molar-refractivity contribution in [2.24, 2.45) is 0 Å². The van der Waals surface area contributed by atoms with Crippen molar-refractivity contribution >= 4 is 28.6 Å². The van der Waals surface area contributed by atoms with E-state index in [0.29, 0.717) is 6.42 Å². The average molecular weight is 193 g/mol. The van der Waals surface area contributed by atoms with E-state index < -0.39 is 10.5 Å². The van der Waals surface area contributed by atoms with Crippen LogP contribution in [0.3, 0.4) is 0 Å². The van der Waals surface area contributed by atoms with Gasteiger partial charge in [0.05, 0.1) is 0 Å². The lowest BCUT2D eigenvalue weighted by atomic mass is 10.1. The number of carbonyl (C=O) groups is 1. The number of hydrogen-bond donors (Lipinski definition) is 0. The molecule has 0 saturated heterocycles. The fraction of sp³-hybridized carbons (Fsp3) is 0.286. The minimum absolute atomic E-state index is 0.448. The molecule has 60 valence electrons.